The van der Waals surface area contributed by atoms with E-state index in [2.05, 4.69) is 0 Å². The molecule has 2 unspecified atom stereocenters. The molecule has 1 aliphatic rings. The molecule has 6 heteroatoms. The predicted molar refractivity (Wildman–Crippen MR) is 99.2 cm³/mol. The molecule has 1 amide bonds. The number of nitrogens with zero attached hydrogens (tertiary/aromatic N) is 1. The molecule has 1 heterocycles. The zero-order chi connectivity index (χ0) is 19.6. The van der Waals surface area contributed by atoms with Crippen molar-refractivity contribution in [3.63, 3.8) is 0 Å². The second kappa shape index (κ2) is 7.78. The molecule has 0 bridgehead atoms. The maximum atomic E-state index is 14.7. The van der Waals surface area contributed by atoms with Crippen LogP contribution in [0.25, 0.3) is 11.1 Å². The monoisotopic (exact) mass is 371 g/mol. The van der Waals surface area contributed by atoms with Crippen molar-refractivity contribution < 1.29 is 23.8 Å². The summed E-state index contributed by atoms with van der Waals surface area (Å²) in [6, 6.07) is 11.6. The molecular formula is C21H22FNO4. The van der Waals surface area contributed by atoms with Gasteiger partial charge in [0.15, 0.2) is 0 Å². The van der Waals surface area contributed by atoms with E-state index in [-0.39, 0.29) is 18.2 Å². The van der Waals surface area contributed by atoms with Crippen LogP contribution in [0.2, 0.25) is 0 Å². The SMILES string of the molecule is COc1ccc(-c2ccc(C(=O)N3CC(C(=O)O)CCC3C)c(F)c2)cc1. The summed E-state index contributed by atoms with van der Waals surface area (Å²) in [6.45, 7) is 1.97. The summed E-state index contributed by atoms with van der Waals surface area (Å²) in [4.78, 5) is 25.5. The molecule has 1 saturated heterocycles. The van der Waals surface area contributed by atoms with Gasteiger partial charge in [0, 0.05) is 12.6 Å². The van der Waals surface area contributed by atoms with Gasteiger partial charge in [-0.15, -0.1) is 0 Å². The van der Waals surface area contributed by atoms with E-state index in [0.29, 0.717) is 24.2 Å². The van der Waals surface area contributed by atoms with E-state index < -0.39 is 23.6 Å². The van der Waals surface area contributed by atoms with Gasteiger partial charge in [0.25, 0.3) is 5.91 Å². The number of carbonyl (C=O) groups is 2. The van der Waals surface area contributed by atoms with Gasteiger partial charge in [0.05, 0.1) is 18.6 Å². The summed E-state index contributed by atoms with van der Waals surface area (Å²) in [5, 5.41) is 9.23. The van der Waals surface area contributed by atoms with E-state index in [1.54, 1.807) is 25.3 Å². The third-order valence-electron chi connectivity index (χ3n) is 5.11. The molecule has 1 aliphatic heterocycles. The lowest BCUT2D eigenvalue weighted by Gasteiger charge is -2.36. The molecule has 1 N–H and O–H groups in total. The number of carboxylic acid groups (broad SMARTS) is 1. The van der Waals surface area contributed by atoms with Crippen LogP contribution in [0.1, 0.15) is 30.1 Å². The third kappa shape index (κ3) is 3.94. The zero-order valence-corrected chi connectivity index (χ0v) is 15.3. The van der Waals surface area contributed by atoms with Crippen LogP contribution in [0.3, 0.4) is 0 Å². The van der Waals surface area contributed by atoms with Gasteiger partial charge in [-0.1, -0.05) is 18.2 Å². The van der Waals surface area contributed by atoms with E-state index in [9.17, 15) is 19.1 Å². The second-order valence-corrected chi connectivity index (χ2v) is 6.84. The molecule has 0 saturated carbocycles. The number of carbonyl (C=O) groups excluding carboxylic acids is 1. The van der Waals surface area contributed by atoms with Crippen LogP contribution in [-0.4, -0.2) is 41.6 Å². The summed E-state index contributed by atoms with van der Waals surface area (Å²) >= 11 is 0. The summed E-state index contributed by atoms with van der Waals surface area (Å²) in [5.74, 6) is -1.90. The average molecular weight is 371 g/mol. The Morgan fingerprint density at radius 3 is 2.37 bits per heavy atom. The van der Waals surface area contributed by atoms with Gasteiger partial charge in [-0.05, 0) is 55.2 Å². The van der Waals surface area contributed by atoms with Crippen molar-refractivity contribution in [1.82, 2.24) is 4.90 Å². The Balaban J connectivity index is 1.84. The third-order valence-corrected chi connectivity index (χ3v) is 5.11. The number of amides is 1. The normalized spacial score (nSPS) is 19.6. The summed E-state index contributed by atoms with van der Waals surface area (Å²) in [7, 11) is 1.57. The van der Waals surface area contributed by atoms with Crippen molar-refractivity contribution in [2.24, 2.45) is 5.92 Å². The molecule has 2 aromatic carbocycles. The van der Waals surface area contributed by atoms with Crippen molar-refractivity contribution in [3.8, 4) is 16.9 Å². The van der Waals surface area contributed by atoms with Gasteiger partial charge in [-0.25, -0.2) is 4.39 Å². The number of rotatable bonds is 4. The smallest absolute Gasteiger partial charge is 0.308 e. The lowest BCUT2D eigenvalue weighted by Crippen LogP contribution is -2.47. The maximum absolute atomic E-state index is 14.7. The van der Waals surface area contributed by atoms with Crippen LogP contribution in [-0.2, 0) is 4.79 Å². The van der Waals surface area contributed by atoms with E-state index in [0.717, 1.165) is 5.56 Å². The topological polar surface area (TPSA) is 66.8 Å². The molecule has 3 rings (SSSR count). The molecule has 0 radical (unpaired) electrons. The van der Waals surface area contributed by atoms with Gasteiger partial charge < -0.3 is 14.7 Å². The highest BCUT2D eigenvalue weighted by Crippen LogP contribution is 2.27. The molecule has 2 atom stereocenters. The van der Waals surface area contributed by atoms with E-state index >= 15 is 0 Å². The van der Waals surface area contributed by atoms with Gasteiger partial charge >= 0.3 is 5.97 Å². The molecule has 5 nitrogen and oxygen atoms in total. The number of hydrogen-bond acceptors (Lipinski definition) is 3. The number of aliphatic carboxylic acids is 1. The molecular weight excluding hydrogens is 349 g/mol. The fourth-order valence-electron chi connectivity index (χ4n) is 3.40. The predicted octanol–water partition coefficient (Wildman–Crippen LogP) is 3.83. The van der Waals surface area contributed by atoms with E-state index in [1.165, 1.54) is 17.0 Å². The van der Waals surface area contributed by atoms with Crippen LogP contribution < -0.4 is 4.74 Å². The minimum absolute atomic E-state index is 0.0369. The number of halogens is 1. The largest absolute Gasteiger partial charge is 0.497 e. The van der Waals surface area contributed by atoms with Gasteiger partial charge in [-0.2, -0.15) is 0 Å². The first-order valence-electron chi connectivity index (χ1n) is 8.88. The molecule has 142 valence electrons. The standard InChI is InChI=1S/C21H22FNO4/c1-13-3-4-16(21(25)26)12-23(13)20(24)18-10-7-15(11-19(18)22)14-5-8-17(27-2)9-6-14/h5-11,13,16H,3-4,12H2,1-2H3,(H,25,26). The summed E-state index contributed by atoms with van der Waals surface area (Å²) in [6.07, 6.45) is 1.12. The van der Waals surface area contributed by atoms with Crippen LogP contribution in [0.15, 0.2) is 42.5 Å². The van der Waals surface area contributed by atoms with Crippen LogP contribution in [0.4, 0.5) is 4.39 Å². The molecule has 2 aromatic rings. The molecule has 0 aliphatic carbocycles. The Kier molecular flexibility index (Phi) is 5.44. The highest BCUT2D eigenvalue weighted by atomic mass is 19.1. The van der Waals surface area contributed by atoms with E-state index in [1.807, 2.05) is 19.1 Å². The number of benzene rings is 2. The van der Waals surface area contributed by atoms with Crippen molar-refractivity contribution in [3.05, 3.63) is 53.8 Å². The quantitative estimate of drug-likeness (QED) is 0.887. The first-order valence-corrected chi connectivity index (χ1v) is 8.88. The summed E-state index contributed by atoms with van der Waals surface area (Å²) in [5.41, 5.74) is 1.43. The fourth-order valence-corrected chi connectivity index (χ4v) is 3.40. The van der Waals surface area contributed by atoms with Gasteiger partial charge in [-0.3, -0.25) is 9.59 Å². The van der Waals surface area contributed by atoms with Crippen LogP contribution in [0.5, 0.6) is 5.75 Å². The Labute approximate surface area is 157 Å². The number of likely N-dealkylation sites (tertiary alicyclic amines) is 1. The minimum atomic E-state index is -0.921. The molecule has 27 heavy (non-hydrogen) atoms. The first kappa shape index (κ1) is 18.9. The number of methoxy groups -OCH3 is 1. The van der Waals surface area contributed by atoms with Crippen molar-refractivity contribution in [2.75, 3.05) is 13.7 Å². The van der Waals surface area contributed by atoms with Crippen molar-refractivity contribution in [1.29, 1.82) is 0 Å². The lowest BCUT2D eigenvalue weighted by molar-refractivity contribution is -0.143. The number of hydrogen-bond donors (Lipinski definition) is 1. The molecule has 0 aromatic heterocycles. The minimum Gasteiger partial charge on any atom is -0.497 e. The van der Waals surface area contributed by atoms with Gasteiger partial charge in [0.1, 0.15) is 11.6 Å². The Morgan fingerprint density at radius 2 is 1.78 bits per heavy atom. The lowest BCUT2D eigenvalue weighted by atomic mass is 9.92. The molecule has 0 spiro atoms. The fraction of sp³-hybridized carbons (Fsp3) is 0.333. The van der Waals surface area contributed by atoms with Gasteiger partial charge in [0.2, 0.25) is 0 Å². The van der Waals surface area contributed by atoms with E-state index in [4.69, 9.17) is 4.74 Å². The van der Waals surface area contributed by atoms with Crippen LogP contribution >= 0.6 is 0 Å². The average Bonchev–Trinajstić information content (AvgIpc) is 2.67. The second-order valence-electron chi connectivity index (χ2n) is 6.84. The Hall–Kier alpha value is -2.89. The zero-order valence-electron chi connectivity index (χ0n) is 15.3. The molecule has 1 fully saturated rings. The highest BCUT2D eigenvalue weighted by Gasteiger charge is 2.33. The maximum Gasteiger partial charge on any atom is 0.308 e. The number of ether oxygens (including phenoxy) is 1. The highest BCUT2D eigenvalue weighted by molar-refractivity contribution is 5.95. The first-order chi connectivity index (χ1) is 12.9. The van der Waals surface area contributed by atoms with Crippen molar-refractivity contribution >= 4 is 11.9 Å². The number of carboxylic acids is 1. The summed E-state index contributed by atoms with van der Waals surface area (Å²) < 4.78 is 19.8. The Bertz CT molecular complexity index is 850. The van der Waals surface area contributed by atoms with Crippen LogP contribution in [0, 0.1) is 11.7 Å². The Morgan fingerprint density at radius 1 is 1.11 bits per heavy atom. The number of piperidine rings is 1. The van der Waals surface area contributed by atoms with Crippen molar-refractivity contribution in [2.45, 2.75) is 25.8 Å².